The fraction of sp³-hybridized carbons (Fsp3) is 0.296. The van der Waals surface area contributed by atoms with Crippen molar-refractivity contribution in [2.75, 3.05) is 24.3 Å². The molecule has 1 aliphatic rings. The summed E-state index contributed by atoms with van der Waals surface area (Å²) in [4.78, 5) is 17.8. The first kappa shape index (κ1) is 26.6. The van der Waals surface area contributed by atoms with Gasteiger partial charge in [0.25, 0.3) is 0 Å². The molecule has 0 saturated heterocycles. The maximum absolute atomic E-state index is 13.2. The summed E-state index contributed by atoms with van der Waals surface area (Å²) >= 11 is 7.82. The van der Waals surface area contributed by atoms with Crippen LogP contribution in [-0.4, -0.2) is 39.7 Å². The van der Waals surface area contributed by atoms with Gasteiger partial charge in [-0.05, 0) is 43.4 Å². The second-order valence-corrected chi connectivity index (χ2v) is 9.71. The number of benzene rings is 2. The van der Waals surface area contributed by atoms with E-state index in [0.29, 0.717) is 45.5 Å². The predicted molar refractivity (Wildman–Crippen MR) is 145 cm³/mol. The third kappa shape index (κ3) is 5.94. The molecule has 0 fully saturated rings. The average Bonchev–Trinajstić information content (AvgIpc) is 3.28. The van der Waals surface area contributed by atoms with E-state index >= 15 is 0 Å². The summed E-state index contributed by atoms with van der Waals surface area (Å²) in [7, 11) is 0. The second-order valence-electron chi connectivity index (χ2n) is 8.07. The number of aromatic nitrogens is 3. The monoisotopic (exact) mass is 540 g/mol. The quantitative estimate of drug-likeness (QED) is 0.179. The zero-order chi connectivity index (χ0) is 26.4. The molecule has 0 radical (unpaired) electrons. The number of allylic oxidation sites excluding steroid dienone is 1. The van der Waals surface area contributed by atoms with Gasteiger partial charge in [0, 0.05) is 16.3 Å². The van der Waals surface area contributed by atoms with Crippen LogP contribution in [0, 0.1) is 0 Å². The van der Waals surface area contributed by atoms with Crippen LogP contribution in [0.4, 0.5) is 5.95 Å². The molecule has 0 saturated carbocycles. The average molecular weight is 541 g/mol. The Balaban J connectivity index is 1.74. The number of esters is 1. The molecule has 0 bridgehead atoms. The van der Waals surface area contributed by atoms with Crippen LogP contribution < -0.4 is 14.8 Å². The summed E-state index contributed by atoms with van der Waals surface area (Å²) in [5.41, 5.74) is 2.72. The van der Waals surface area contributed by atoms with E-state index in [2.05, 4.69) is 22.0 Å². The number of carbonyl (C=O) groups is 1. The molecule has 1 N–H and O–H groups in total. The molecular weight excluding hydrogens is 512 g/mol. The van der Waals surface area contributed by atoms with Crippen LogP contribution in [0.2, 0.25) is 5.02 Å². The van der Waals surface area contributed by atoms with Crippen LogP contribution in [0.5, 0.6) is 11.5 Å². The predicted octanol–water partition coefficient (Wildman–Crippen LogP) is 6.04. The molecule has 3 aromatic rings. The summed E-state index contributed by atoms with van der Waals surface area (Å²) in [6.45, 7) is 10.2. The van der Waals surface area contributed by atoms with Crippen molar-refractivity contribution in [2.45, 2.75) is 38.6 Å². The number of hydrogen-bond acceptors (Lipinski definition) is 8. The highest BCUT2D eigenvalue weighted by atomic mass is 35.5. The molecule has 194 valence electrons. The highest BCUT2D eigenvalue weighted by molar-refractivity contribution is 7.99. The first-order valence-electron chi connectivity index (χ1n) is 11.9. The molecule has 10 heteroatoms. The Hall–Kier alpha value is -3.43. The lowest BCUT2D eigenvalue weighted by Crippen LogP contribution is -2.29. The standard InChI is InChI=1S/C27H29ClN4O4S/c1-5-14-35-25(33)23-17(4)29-26-30-27(37-7-3)31-32(26)24(23)18-12-13-21(22(15-18)34-6-2)36-16-19-10-8-9-11-20(19)28/h5,8-13,15,24H,1,6-7,14,16H2,2-4H3,(H,29,30,31). The van der Waals surface area contributed by atoms with E-state index in [0.717, 1.165) is 16.9 Å². The van der Waals surface area contributed by atoms with Gasteiger partial charge in [-0.25, -0.2) is 9.48 Å². The minimum absolute atomic E-state index is 0.0997. The molecule has 2 heterocycles. The number of nitrogens with zero attached hydrogens (tertiary/aromatic N) is 3. The summed E-state index contributed by atoms with van der Waals surface area (Å²) in [5.74, 6) is 2.03. The molecular formula is C27H29ClN4O4S. The number of ether oxygens (including phenoxy) is 3. The van der Waals surface area contributed by atoms with Gasteiger partial charge in [-0.2, -0.15) is 4.98 Å². The number of thioether (sulfide) groups is 1. The zero-order valence-corrected chi connectivity index (χ0v) is 22.6. The van der Waals surface area contributed by atoms with Crippen molar-refractivity contribution in [1.82, 2.24) is 14.8 Å². The van der Waals surface area contributed by atoms with Gasteiger partial charge in [-0.3, -0.25) is 0 Å². The lowest BCUT2D eigenvalue weighted by molar-refractivity contribution is -0.138. The minimum atomic E-state index is -0.580. The molecule has 1 aromatic heterocycles. The fourth-order valence-electron chi connectivity index (χ4n) is 3.96. The van der Waals surface area contributed by atoms with Gasteiger partial charge >= 0.3 is 5.97 Å². The Kier molecular flexibility index (Phi) is 8.78. The molecule has 4 rings (SSSR count). The summed E-state index contributed by atoms with van der Waals surface area (Å²) in [6, 6.07) is 12.5. The summed E-state index contributed by atoms with van der Waals surface area (Å²) < 4.78 is 19.2. The van der Waals surface area contributed by atoms with Crippen LogP contribution >= 0.6 is 23.4 Å². The van der Waals surface area contributed by atoms with E-state index in [1.165, 1.54) is 17.8 Å². The lowest BCUT2D eigenvalue weighted by atomic mass is 9.95. The number of rotatable bonds is 11. The first-order valence-corrected chi connectivity index (χ1v) is 13.3. The number of anilines is 1. The molecule has 1 aliphatic heterocycles. The van der Waals surface area contributed by atoms with Crippen molar-refractivity contribution >= 4 is 35.3 Å². The first-order chi connectivity index (χ1) is 18.0. The highest BCUT2D eigenvalue weighted by Gasteiger charge is 2.35. The van der Waals surface area contributed by atoms with Crippen LogP contribution in [0.25, 0.3) is 0 Å². The van der Waals surface area contributed by atoms with Gasteiger partial charge in [0.05, 0.1) is 12.2 Å². The van der Waals surface area contributed by atoms with Crippen LogP contribution in [0.15, 0.2) is 71.5 Å². The van der Waals surface area contributed by atoms with E-state index < -0.39 is 12.0 Å². The van der Waals surface area contributed by atoms with Crippen molar-refractivity contribution in [2.24, 2.45) is 0 Å². The van der Waals surface area contributed by atoms with Crippen molar-refractivity contribution in [1.29, 1.82) is 0 Å². The van der Waals surface area contributed by atoms with Crippen molar-refractivity contribution < 1.29 is 19.0 Å². The topological polar surface area (TPSA) is 87.5 Å². The maximum atomic E-state index is 13.2. The van der Waals surface area contributed by atoms with Gasteiger partial charge < -0.3 is 19.5 Å². The molecule has 0 spiro atoms. The normalized spacial score (nSPS) is 14.5. The number of fused-ring (bicyclic) bond motifs is 1. The SMILES string of the molecule is C=CCOC(=O)C1=C(C)Nc2nc(SCC)nn2C1c1ccc(OCc2ccccc2Cl)c(OCC)c1. The van der Waals surface area contributed by atoms with Gasteiger partial charge in [0.1, 0.15) is 19.3 Å². The molecule has 0 amide bonds. The molecule has 0 aliphatic carbocycles. The Morgan fingerprint density at radius 1 is 1.22 bits per heavy atom. The number of halogens is 1. The third-order valence-corrected chi connectivity index (χ3v) is 6.67. The third-order valence-electron chi connectivity index (χ3n) is 5.58. The van der Waals surface area contributed by atoms with Crippen LogP contribution in [-0.2, 0) is 16.1 Å². The minimum Gasteiger partial charge on any atom is -0.490 e. The van der Waals surface area contributed by atoms with Gasteiger partial charge in [-0.1, -0.05) is 67.2 Å². The zero-order valence-electron chi connectivity index (χ0n) is 21.0. The lowest BCUT2D eigenvalue weighted by Gasteiger charge is -2.28. The van der Waals surface area contributed by atoms with E-state index in [9.17, 15) is 4.79 Å². The summed E-state index contributed by atoms with van der Waals surface area (Å²) in [6.07, 6.45) is 1.54. The van der Waals surface area contributed by atoms with Crippen molar-refractivity contribution in [3.8, 4) is 11.5 Å². The van der Waals surface area contributed by atoms with E-state index in [-0.39, 0.29) is 13.2 Å². The largest absolute Gasteiger partial charge is 0.490 e. The van der Waals surface area contributed by atoms with Crippen LogP contribution in [0.3, 0.4) is 0 Å². The molecule has 2 aromatic carbocycles. The smallest absolute Gasteiger partial charge is 0.338 e. The number of carbonyl (C=O) groups excluding carboxylic acids is 1. The van der Waals surface area contributed by atoms with Crippen molar-refractivity contribution in [3.05, 3.63) is 82.5 Å². The Morgan fingerprint density at radius 2 is 2.03 bits per heavy atom. The van der Waals surface area contributed by atoms with Gasteiger partial charge in [0.2, 0.25) is 11.1 Å². The van der Waals surface area contributed by atoms with Gasteiger partial charge in [-0.15, -0.1) is 5.10 Å². The Labute approximate surface area is 225 Å². The number of hydrogen-bond donors (Lipinski definition) is 1. The maximum Gasteiger partial charge on any atom is 0.338 e. The van der Waals surface area contributed by atoms with Gasteiger partial charge in [0.15, 0.2) is 11.5 Å². The van der Waals surface area contributed by atoms with Crippen molar-refractivity contribution in [3.63, 3.8) is 0 Å². The molecule has 37 heavy (non-hydrogen) atoms. The Morgan fingerprint density at radius 3 is 2.76 bits per heavy atom. The summed E-state index contributed by atoms with van der Waals surface area (Å²) in [5, 5.41) is 9.14. The fourth-order valence-corrected chi connectivity index (χ4v) is 4.70. The van der Waals surface area contributed by atoms with E-state index in [1.807, 2.05) is 63.2 Å². The van der Waals surface area contributed by atoms with E-state index in [4.69, 9.17) is 25.8 Å². The van der Waals surface area contributed by atoms with Crippen LogP contribution in [0.1, 0.15) is 37.9 Å². The molecule has 8 nitrogen and oxygen atoms in total. The number of nitrogens with one attached hydrogen (secondary N) is 1. The molecule has 1 unspecified atom stereocenters. The molecule has 1 atom stereocenters. The Bertz CT molecular complexity index is 1320. The highest BCUT2D eigenvalue weighted by Crippen LogP contribution is 2.40. The van der Waals surface area contributed by atoms with E-state index in [1.54, 1.807) is 4.68 Å². The second kappa shape index (κ2) is 12.2.